The molecular weight excluding hydrogens is 345 g/mol. The van der Waals surface area contributed by atoms with Crippen molar-refractivity contribution in [1.82, 2.24) is 20.2 Å². The van der Waals surface area contributed by atoms with Gasteiger partial charge in [0.05, 0.1) is 6.42 Å². The van der Waals surface area contributed by atoms with Gasteiger partial charge < -0.3 is 15.1 Å². The average molecular weight is 371 g/mol. The highest BCUT2D eigenvalue weighted by atomic mass is 19.1. The molecule has 0 spiro atoms. The third-order valence-electron chi connectivity index (χ3n) is 4.76. The SMILES string of the molecule is CN(C)c1cc(CC2CNCCN(C(=O)Cc3ccc(F)cc3)C2)ncn1. The van der Waals surface area contributed by atoms with Gasteiger partial charge in [-0.1, -0.05) is 12.1 Å². The highest BCUT2D eigenvalue weighted by molar-refractivity contribution is 5.78. The van der Waals surface area contributed by atoms with Crippen molar-refractivity contribution < 1.29 is 9.18 Å². The van der Waals surface area contributed by atoms with Crippen molar-refractivity contribution in [2.75, 3.05) is 45.2 Å². The summed E-state index contributed by atoms with van der Waals surface area (Å²) in [5.74, 6) is 0.958. The number of amides is 1. The lowest BCUT2D eigenvalue weighted by atomic mass is 10.0. The zero-order valence-electron chi connectivity index (χ0n) is 15.9. The molecule has 1 saturated heterocycles. The van der Waals surface area contributed by atoms with Crippen LogP contribution in [-0.4, -0.2) is 61.0 Å². The molecule has 1 aromatic heterocycles. The Labute approximate surface area is 159 Å². The number of nitrogens with one attached hydrogen (secondary N) is 1. The van der Waals surface area contributed by atoms with Gasteiger partial charge in [-0.05, 0) is 30.0 Å². The summed E-state index contributed by atoms with van der Waals surface area (Å²) in [4.78, 5) is 25.2. The molecule has 6 nitrogen and oxygen atoms in total. The quantitative estimate of drug-likeness (QED) is 0.863. The van der Waals surface area contributed by atoms with Crippen LogP contribution in [0.2, 0.25) is 0 Å². The van der Waals surface area contributed by atoms with Gasteiger partial charge in [0.1, 0.15) is 18.0 Å². The summed E-state index contributed by atoms with van der Waals surface area (Å²) in [6, 6.07) is 8.13. The summed E-state index contributed by atoms with van der Waals surface area (Å²) in [7, 11) is 3.91. The fraction of sp³-hybridized carbons (Fsp3) is 0.450. The molecule has 0 radical (unpaired) electrons. The smallest absolute Gasteiger partial charge is 0.227 e. The first-order chi connectivity index (χ1) is 13.0. The second kappa shape index (κ2) is 8.90. The minimum Gasteiger partial charge on any atom is -0.363 e. The van der Waals surface area contributed by atoms with Crippen LogP contribution in [0.3, 0.4) is 0 Å². The highest BCUT2D eigenvalue weighted by Gasteiger charge is 2.22. The number of rotatable bonds is 5. The maximum absolute atomic E-state index is 13.1. The van der Waals surface area contributed by atoms with Crippen LogP contribution in [0.4, 0.5) is 10.2 Å². The van der Waals surface area contributed by atoms with Crippen molar-refractivity contribution in [3.8, 4) is 0 Å². The lowest BCUT2D eigenvalue weighted by Crippen LogP contribution is -2.37. The molecule has 0 bridgehead atoms. The Morgan fingerprint density at radius 2 is 2.07 bits per heavy atom. The van der Waals surface area contributed by atoms with Crippen molar-refractivity contribution in [2.24, 2.45) is 5.92 Å². The summed E-state index contributed by atoms with van der Waals surface area (Å²) in [6.45, 7) is 3.00. The zero-order valence-corrected chi connectivity index (χ0v) is 15.9. The third kappa shape index (κ3) is 5.47. The van der Waals surface area contributed by atoms with E-state index in [1.807, 2.05) is 30.0 Å². The lowest BCUT2D eigenvalue weighted by Gasteiger charge is -2.24. The van der Waals surface area contributed by atoms with Gasteiger partial charge in [0.15, 0.2) is 0 Å². The number of anilines is 1. The van der Waals surface area contributed by atoms with Gasteiger partial charge in [0.25, 0.3) is 0 Å². The molecule has 1 amide bonds. The molecule has 1 N–H and O–H groups in total. The predicted molar refractivity (Wildman–Crippen MR) is 103 cm³/mol. The van der Waals surface area contributed by atoms with Crippen molar-refractivity contribution >= 4 is 11.7 Å². The van der Waals surface area contributed by atoms with Crippen molar-refractivity contribution in [1.29, 1.82) is 0 Å². The van der Waals surface area contributed by atoms with Gasteiger partial charge in [-0.25, -0.2) is 14.4 Å². The van der Waals surface area contributed by atoms with Crippen molar-refractivity contribution in [3.63, 3.8) is 0 Å². The molecular formula is C20H26FN5O. The summed E-state index contributed by atoms with van der Waals surface area (Å²) >= 11 is 0. The summed E-state index contributed by atoms with van der Waals surface area (Å²) < 4.78 is 13.1. The molecule has 0 saturated carbocycles. The van der Waals surface area contributed by atoms with E-state index in [1.54, 1.807) is 18.5 Å². The Morgan fingerprint density at radius 1 is 1.30 bits per heavy atom. The molecule has 1 aliphatic heterocycles. The fourth-order valence-corrected chi connectivity index (χ4v) is 3.28. The molecule has 1 fully saturated rings. The number of carbonyl (C=O) groups excluding carboxylic acids is 1. The number of halogens is 1. The van der Waals surface area contributed by atoms with E-state index in [2.05, 4.69) is 15.3 Å². The van der Waals surface area contributed by atoms with E-state index in [-0.39, 0.29) is 17.6 Å². The van der Waals surface area contributed by atoms with E-state index in [9.17, 15) is 9.18 Å². The second-order valence-electron chi connectivity index (χ2n) is 7.18. The molecule has 27 heavy (non-hydrogen) atoms. The minimum absolute atomic E-state index is 0.0759. The van der Waals surface area contributed by atoms with E-state index in [0.717, 1.165) is 36.6 Å². The first-order valence-corrected chi connectivity index (χ1v) is 9.22. The largest absolute Gasteiger partial charge is 0.363 e. The van der Waals surface area contributed by atoms with Gasteiger partial charge in [0.2, 0.25) is 5.91 Å². The standard InChI is InChI=1S/C20H26FN5O/c1-25(2)19-11-18(23-14-24-19)9-16-12-22-7-8-26(13-16)20(27)10-15-3-5-17(21)6-4-15/h3-6,11,14,16,22H,7-10,12-13H2,1-2H3. The van der Waals surface area contributed by atoms with Crippen molar-refractivity contribution in [2.45, 2.75) is 12.8 Å². The van der Waals surface area contributed by atoms with Crippen LogP contribution in [0.25, 0.3) is 0 Å². The Bertz CT molecular complexity index is 765. The minimum atomic E-state index is -0.285. The number of nitrogens with zero attached hydrogens (tertiary/aromatic N) is 4. The highest BCUT2D eigenvalue weighted by Crippen LogP contribution is 2.15. The molecule has 0 aliphatic carbocycles. The van der Waals surface area contributed by atoms with E-state index in [0.29, 0.717) is 19.5 Å². The zero-order chi connectivity index (χ0) is 19.2. The predicted octanol–water partition coefficient (Wildman–Crippen LogP) is 1.51. The van der Waals surface area contributed by atoms with Crippen molar-refractivity contribution in [3.05, 3.63) is 53.7 Å². The summed E-state index contributed by atoms with van der Waals surface area (Å²) in [6.07, 6.45) is 2.67. The first-order valence-electron chi connectivity index (χ1n) is 9.22. The fourth-order valence-electron chi connectivity index (χ4n) is 3.28. The van der Waals surface area contributed by atoms with Gasteiger partial charge >= 0.3 is 0 Å². The molecule has 7 heteroatoms. The Hall–Kier alpha value is -2.54. The molecule has 2 heterocycles. The topological polar surface area (TPSA) is 61.4 Å². The van der Waals surface area contributed by atoms with E-state index >= 15 is 0 Å². The maximum Gasteiger partial charge on any atom is 0.227 e. The number of benzene rings is 1. The van der Waals surface area contributed by atoms with Crippen LogP contribution >= 0.6 is 0 Å². The molecule has 144 valence electrons. The van der Waals surface area contributed by atoms with Crippen LogP contribution in [0, 0.1) is 11.7 Å². The second-order valence-corrected chi connectivity index (χ2v) is 7.18. The molecule has 1 aliphatic rings. The molecule has 1 unspecified atom stereocenters. The van der Waals surface area contributed by atoms with Gasteiger partial charge in [-0.15, -0.1) is 0 Å². The summed E-state index contributed by atoms with van der Waals surface area (Å²) in [5, 5.41) is 3.41. The van der Waals surface area contributed by atoms with E-state index < -0.39 is 0 Å². The monoisotopic (exact) mass is 371 g/mol. The van der Waals surface area contributed by atoms with Gasteiger partial charge in [-0.2, -0.15) is 0 Å². The number of hydrogen-bond donors (Lipinski definition) is 1. The van der Waals surface area contributed by atoms with Crippen LogP contribution in [0.5, 0.6) is 0 Å². The average Bonchev–Trinajstić information content (AvgIpc) is 2.89. The van der Waals surface area contributed by atoms with Gasteiger partial charge in [0, 0.05) is 52.0 Å². The number of hydrogen-bond acceptors (Lipinski definition) is 5. The molecule has 2 aromatic rings. The normalized spacial score (nSPS) is 17.4. The Balaban J connectivity index is 1.63. The molecule has 1 aromatic carbocycles. The Kier molecular flexibility index (Phi) is 6.34. The van der Waals surface area contributed by atoms with E-state index in [1.165, 1.54) is 12.1 Å². The molecule has 3 rings (SSSR count). The lowest BCUT2D eigenvalue weighted by molar-refractivity contribution is -0.130. The van der Waals surface area contributed by atoms with Crippen LogP contribution in [0.15, 0.2) is 36.7 Å². The summed E-state index contributed by atoms with van der Waals surface area (Å²) in [5.41, 5.74) is 1.81. The maximum atomic E-state index is 13.1. The van der Waals surface area contributed by atoms with E-state index in [4.69, 9.17) is 0 Å². The van der Waals surface area contributed by atoms with Crippen LogP contribution in [0.1, 0.15) is 11.3 Å². The van der Waals surface area contributed by atoms with Crippen LogP contribution in [-0.2, 0) is 17.6 Å². The number of aromatic nitrogens is 2. The number of carbonyl (C=O) groups is 1. The first kappa shape index (κ1) is 19.2. The molecule has 1 atom stereocenters. The van der Waals surface area contributed by atoms with Crippen LogP contribution < -0.4 is 10.2 Å². The third-order valence-corrected chi connectivity index (χ3v) is 4.76. The van der Waals surface area contributed by atoms with Gasteiger partial charge in [-0.3, -0.25) is 4.79 Å². The Morgan fingerprint density at radius 3 is 2.81 bits per heavy atom.